The Hall–Kier alpha value is -1.93. The van der Waals surface area contributed by atoms with Crippen molar-refractivity contribution in [2.45, 2.75) is 24.4 Å². The molecule has 0 aliphatic carbocycles. The number of H-pyrrole nitrogens is 1. The number of aromatic amines is 1. The molecule has 7 nitrogen and oxygen atoms in total. The van der Waals surface area contributed by atoms with Crippen molar-refractivity contribution in [3.05, 3.63) is 30.3 Å². The van der Waals surface area contributed by atoms with E-state index >= 15 is 0 Å². The van der Waals surface area contributed by atoms with Crippen molar-refractivity contribution in [1.82, 2.24) is 4.98 Å². The van der Waals surface area contributed by atoms with E-state index in [1.165, 1.54) is 0 Å². The van der Waals surface area contributed by atoms with E-state index in [1.807, 2.05) is 24.3 Å². The zero-order valence-electron chi connectivity index (χ0n) is 11.1. The second-order valence-corrected chi connectivity index (χ2v) is 4.67. The Morgan fingerprint density at radius 1 is 1.19 bits per heavy atom. The number of nitrogens with one attached hydrogen (secondary N) is 1. The third-order valence-electron chi connectivity index (χ3n) is 3.17. The van der Waals surface area contributed by atoms with E-state index in [9.17, 15) is 20.1 Å². The second-order valence-electron chi connectivity index (χ2n) is 4.67. The summed E-state index contributed by atoms with van der Waals surface area (Å²) in [6, 6.07) is 8.98. The summed E-state index contributed by atoms with van der Waals surface area (Å²) in [5, 5.41) is 38.3. The normalized spacial score (nSPS) is 17.1. The van der Waals surface area contributed by atoms with Crippen molar-refractivity contribution in [2.75, 3.05) is 6.61 Å². The number of aldehydes is 1. The van der Waals surface area contributed by atoms with Crippen molar-refractivity contribution in [3.63, 3.8) is 0 Å². The Balaban J connectivity index is 2.12. The highest BCUT2D eigenvalue weighted by Crippen LogP contribution is 2.21. The van der Waals surface area contributed by atoms with Gasteiger partial charge in [0.1, 0.15) is 18.3 Å². The van der Waals surface area contributed by atoms with Crippen LogP contribution < -0.4 is 4.74 Å². The van der Waals surface area contributed by atoms with E-state index in [2.05, 4.69) is 4.98 Å². The lowest BCUT2D eigenvalue weighted by Gasteiger charge is -2.25. The largest absolute Gasteiger partial charge is 0.465 e. The predicted octanol–water partition coefficient (Wildman–Crippen LogP) is -0.811. The fraction of sp³-hybridized carbons (Fsp3) is 0.357. The van der Waals surface area contributed by atoms with E-state index in [1.54, 1.807) is 6.07 Å². The third-order valence-corrected chi connectivity index (χ3v) is 3.17. The van der Waals surface area contributed by atoms with E-state index < -0.39 is 31.0 Å². The van der Waals surface area contributed by atoms with Crippen molar-refractivity contribution in [2.24, 2.45) is 0 Å². The van der Waals surface area contributed by atoms with Gasteiger partial charge in [-0.3, -0.25) is 4.79 Å². The molecule has 2 rings (SSSR count). The fourth-order valence-electron chi connectivity index (χ4n) is 1.96. The van der Waals surface area contributed by atoms with E-state index in [0.717, 1.165) is 10.9 Å². The maximum absolute atomic E-state index is 11.0. The fourth-order valence-corrected chi connectivity index (χ4v) is 1.96. The number of hydrogen-bond donors (Lipinski definition) is 5. The van der Waals surface area contributed by atoms with E-state index in [-0.39, 0.29) is 5.88 Å². The summed E-state index contributed by atoms with van der Waals surface area (Å²) in [7, 11) is 0. The minimum atomic E-state index is -1.70. The summed E-state index contributed by atoms with van der Waals surface area (Å²) in [4.78, 5) is 13.9. The van der Waals surface area contributed by atoms with Gasteiger partial charge in [0.05, 0.1) is 6.61 Å². The SMILES string of the molecule is O=C[C@H](Oc1cc2ccccc2[nH]1)[C@@H](O)[C@H](O)[C@H](O)CO. The maximum Gasteiger partial charge on any atom is 0.192 e. The summed E-state index contributed by atoms with van der Waals surface area (Å²) >= 11 is 0. The molecule has 0 spiro atoms. The number of para-hydroxylation sites is 1. The van der Waals surface area contributed by atoms with Crippen molar-refractivity contribution in [1.29, 1.82) is 0 Å². The number of aliphatic hydroxyl groups excluding tert-OH is 4. The number of rotatable bonds is 7. The molecule has 0 amide bonds. The van der Waals surface area contributed by atoms with Gasteiger partial charge in [0.2, 0.25) is 0 Å². The Morgan fingerprint density at radius 3 is 2.52 bits per heavy atom. The van der Waals surface area contributed by atoms with E-state index in [0.29, 0.717) is 6.29 Å². The lowest BCUT2D eigenvalue weighted by Crippen LogP contribution is -2.48. The molecule has 21 heavy (non-hydrogen) atoms. The van der Waals surface area contributed by atoms with Gasteiger partial charge in [0.15, 0.2) is 18.3 Å². The minimum Gasteiger partial charge on any atom is -0.465 e. The smallest absolute Gasteiger partial charge is 0.192 e. The predicted molar refractivity (Wildman–Crippen MR) is 73.9 cm³/mol. The van der Waals surface area contributed by atoms with E-state index in [4.69, 9.17) is 9.84 Å². The van der Waals surface area contributed by atoms with Crippen molar-refractivity contribution in [3.8, 4) is 5.88 Å². The topological polar surface area (TPSA) is 123 Å². The minimum absolute atomic E-state index is 0.248. The average molecular weight is 295 g/mol. The molecule has 0 aliphatic rings. The molecular formula is C14H17NO6. The monoisotopic (exact) mass is 295 g/mol. The van der Waals surface area contributed by atoms with Gasteiger partial charge in [0.25, 0.3) is 0 Å². The number of fused-ring (bicyclic) bond motifs is 1. The first kappa shape index (κ1) is 15.5. The van der Waals surface area contributed by atoms with Crippen LogP contribution >= 0.6 is 0 Å². The zero-order valence-corrected chi connectivity index (χ0v) is 11.1. The van der Waals surface area contributed by atoms with Crippen LogP contribution in [0.1, 0.15) is 0 Å². The van der Waals surface area contributed by atoms with Gasteiger partial charge in [-0.05, 0) is 6.07 Å². The molecular weight excluding hydrogens is 278 g/mol. The van der Waals surface area contributed by atoms with Crippen LogP contribution in [0.2, 0.25) is 0 Å². The van der Waals surface area contributed by atoms with Gasteiger partial charge in [-0.25, -0.2) is 0 Å². The number of aliphatic hydroxyl groups is 4. The molecule has 0 fully saturated rings. The number of carbonyl (C=O) groups excluding carboxylic acids is 1. The Morgan fingerprint density at radius 2 is 1.90 bits per heavy atom. The molecule has 0 saturated heterocycles. The lowest BCUT2D eigenvalue weighted by molar-refractivity contribution is -0.133. The first-order valence-electron chi connectivity index (χ1n) is 6.41. The summed E-state index contributed by atoms with van der Waals surface area (Å²) in [5.74, 6) is 0.248. The van der Waals surface area contributed by atoms with Gasteiger partial charge in [0, 0.05) is 17.0 Å². The first-order valence-corrected chi connectivity index (χ1v) is 6.41. The average Bonchev–Trinajstić information content (AvgIpc) is 2.92. The number of ether oxygens (including phenoxy) is 1. The first-order chi connectivity index (χ1) is 10.1. The van der Waals surface area contributed by atoms with Crippen LogP contribution in [0.15, 0.2) is 30.3 Å². The van der Waals surface area contributed by atoms with Gasteiger partial charge < -0.3 is 30.1 Å². The highest BCUT2D eigenvalue weighted by molar-refractivity contribution is 5.81. The number of hydrogen-bond acceptors (Lipinski definition) is 6. The van der Waals surface area contributed by atoms with Crippen LogP contribution in [0.5, 0.6) is 5.88 Å². The van der Waals surface area contributed by atoms with Crippen LogP contribution in [0.4, 0.5) is 0 Å². The molecule has 0 bridgehead atoms. The Kier molecular flexibility index (Phi) is 4.92. The summed E-state index contributed by atoms with van der Waals surface area (Å²) in [5.41, 5.74) is 0.794. The van der Waals surface area contributed by atoms with Crippen LogP contribution in [0, 0.1) is 0 Å². The van der Waals surface area contributed by atoms with Crippen LogP contribution in [0.3, 0.4) is 0 Å². The number of carbonyl (C=O) groups is 1. The number of aromatic nitrogens is 1. The van der Waals surface area contributed by atoms with Crippen LogP contribution in [-0.2, 0) is 4.79 Å². The molecule has 7 heteroatoms. The molecule has 4 atom stereocenters. The molecule has 0 radical (unpaired) electrons. The third kappa shape index (κ3) is 3.40. The quantitative estimate of drug-likeness (QED) is 0.426. The molecule has 0 aliphatic heterocycles. The highest BCUT2D eigenvalue weighted by atomic mass is 16.5. The van der Waals surface area contributed by atoms with Gasteiger partial charge in [-0.1, -0.05) is 18.2 Å². The molecule has 5 N–H and O–H groups in total. The Bertz CT molecular complexity index is 565. The molecule has 1 aromatic heterocycles. The van der Waals surface area contributed by atoms with Gasteiger partial charge in [-0.15, -0.1) is 0 Å². The highest BCUT2D eigenvalue weighted by Gasteiger charge is 2.32. The summed E-state index contributed by atoms with van der Waals surface area (Å²) < 4.78 is 5.30. The molecule has 1 aromatic carbocycles. The molecule has 1 heterocycles. The Labute approximate surface area is 120 Å². The maximum atomic E-state index is 11.0. The number of benzene rings is 1. The van der Waals surface area contributed by atoms with Gasteiger partial charge >= 0.3 is 0 Å². The standard InChI is InChI=1S/C14H17NO6/c16-6-10(18)13(19)14(20)11(7-17)21-12-5-8-3-1-2-4-9(8)15-12/h1-5,7,10-11,13-16,18-20H,6H2/t10-,11+,13-,14-/m1/s1. The molecule has 114 valence electrons. The summed E-state index contributed by atoms with van der Waals surface area (Å²) in [6.45, 7) is -0.740. The van der Waals surface area contributed by atoms with Crippen molar-refractivity contribution >= 4 is 17.2 Å². The van der Waals surface area contributed by atoms with Crippen molar-refractivity contribution < 1.29 is 30.0 Å². The van der Waals surface area contributed by atoms with Crippen LogP contribution in [0.25, 0.3) is 10.9 Å². The van der Waals surface area contributed by atoms with Gasteiger partial charge in [-0.2, -0.15) is 0 Å². The molecule has 2 aromatic rings. The zero-order chi connectivity index (χ0) is 15.4. The lowest BCUT2D eigenvalue weighted by atomic mass is 10.0. The van der Waals surface area contributed by atoms with Crippen LogP contribution in [-0.4, -0.2) is 62.7 Å². The summed E-state index contributed by atoms with van der Waals surface area (Å²) in [6.07, 6.45) is -5.99. The molecule has 0 unspecified atom stereocenters. The second kappa shape index (κ2) is 6.68. The molecule has 0 saturated carbocycles.